The number of pyridine rings is 1. The summed E-state index contributed by atoms with van der Waals surface area (Å²) in [5, 5.41) is 7.06. The van der Waals surface area contributed by atoms with Crippen LogP contribution in [0.25, 0.3) is 0 Å². The zero-order valence-electron chi connectivity index (χ0n) is 19.6. The largest absolute Gasteiger partial charge is 0.326 e. The second-order valence-electron chi connectivity index (χ2n) is 8.96. The molecule has 1 aromatic carbocycles. The zero-order valence-corrected chi connectivity index (χ0v) is 19.6. The van der Waals surface area contributed by atoms with Gasteiger partial charge < -0.3 is 5.32 Å². The summed E-state index contributed by atoms with van der Waals surface area (Å²) in [6, 6.07) is 11.3. The van der Waals surface area contributed by atoms with Crippen molar-refractivity contribution < 1.29 is 19.0 Å². The third kappa shape index (κ3) is 8.41. The number of hydrogen-bond acceptors (Lipinski definition) is 4. The first-order chi connectivity index (χ1) is 15.0. The summed E-state index contributed by atoms with van der Waals surface area (Å²) in [6.45, 7) is 9.63. The third-order valence-electron chi connectivity index (χ3n) is 5.07. The topological polar surface area (TPSA) is 91.5 Å². The fourth-order valence-electron chi connectivity index (χ4n) is 2.82. The van der Waals surface area contributed by atoms with Crippen molar-refractivity contribution in [1.82, 2.24) is 5.43 Å². The molecule has 0 aliphatic rings. The van der Waals surface area contributed by atoms with Gasteiger partial charge in [0, 0.05) is 41.8 Å². The van der Waals surface area contributed by atoms with Gasteiger partial charge in [0.1, 0.15) is 5.78 Å². The van der Waals surface area contributed by atoms with E-state index in [1.165, 1.54) is 0 Å². The minimum Gasteiger partial charge on any atom is -0.326 e. The van der Waals surface area contributed by atoms with Crippen LogP contribution in [-0.4, -0.2) is 23.3 Å². The van der Waals surface area contributed by atoms with Crippen molar-refractivity contribution in [2.24, 2.45) is 10.5 Å². The van der Waals surface area contributed by atoms with Gasteiger partial charge in [-0.15, -0.1) is 0 Å². The molecule has 0 unspecified atom stereocenters. The van der Waals surface area contributed by atoms with Crippen molar-refractivity contribution in [1.29, 1.82) is 0 Å². The highest BCUT2D eigenvalue weighted by atomic mass is 16.2. The number of aromatic nitrogens is 1. The van der Waals surface area contributed by atoms with Gasteiger partial charge in [-0.2, -0.15) is 9.67 Å². The molecule has 170 valence electrons. The second kappa shape index (κ2) is 11.3. The van der Waals surface area contributed by atoms with E-state index in [0.29, 0.717) is 5.71 Å². The highest BCUT2D eigenvalue weighted by Gasteiger charge is 2.23. The molecule has 0 saturated heterocycles. The van der Waals surface area contributed by atoms with Crippen LogP contribution in [0.15, 0.2) is 53.9 Å². The van der Waals surface area contributed by atoms with Crippen LogP contribution in [-0.2, 0) is 20.9 Å². The molecular weight excluding hydrogens is 404 g/mol. The molecule has 0 aliphatic heterocycles. The Morgan fingerprint density at radius 1 is 0.938 bits per heavy atom. The molecule has 0 saturated carbocycles. The van der Waals surface area contributed by atoms with E-state index in [4.69, 9.17) is 0 Å². The van der Waals surface area contributed by atoms with E-state index in [1.807, 2.05) is 71.0 Å². The number of hydrogen-bond donors (Lipinski definition) is 2. The third-order valence-corrected chi connectivity index (χ3v) is 5.07. The van der Waals surface area contributed by atoms with Crippen molar-refractivity contribution in [3.63, 3.8) is 0 Å². The monoisotopic (exact) mass is 437 g/mol. The number of ketones is 1. The van der Waals surface area contributed by atoms with Crippen LogP contribution in [0.4, 0.5) is 5.69 Å². The lowest BCUT2D eigenvalue weighted by Crippen LogP contribution is -2.41. The van der Waals surface area contributed by atoms with Gasteiger partial charge in [-0.3, -0.25) is 14.4 Å². The number of hydrazone groups is 1. The van der Waals surface area contributed by atoms with E-state index in [1.54, 1.807) is 17.0 Å². The molecule has 2 amide bonds. The number of rotatable bonds is 9. The summed E-state index contributed by atoms with van der Waals surface area (Å²) in [7, 11) is 0. The summed E-state index contributed by atoms with van der Waals surface area (Å²) < 4.78 is 1.72. The second-order valence-corrected chi connectivity index (χ2v) is 8.96. The van der Waals surface area contributed by atoms with Crippen LogP contribution in [0.1, 0.15) is 51.2 Å². The number of nitrogens with zero attached hydrogens (tertiary/aromatic N) is 2. The van der Waals surface area contributed by atoms with Crippen LogP contribution >= 0.6 is 0 Å². The van der Waals surface area contributed by atoms with Crippen molar-refractivity contribution in [3.05, 3.63) is 59.9 Å². The molecular formula is C25H33N4O3+. The number of benzene rings is 1. The predicted molar refractivity (Wildman–Crippen MR) is 125 cm³/mol. The number of Topliss-reactive ketones (excluding diaryl/α,β-unsaturated/α-hetero) is 1. The normalized spacial score (nSPS) is 11.7. The van der Waals surface area contributed by atoms with E-state index in [2.05, 4.69) is 15.8 Å². The molecule has 2 aromatic rings. The Hall–Kier alpha value is -3.35. The van der Waals surface area contributed by atoms with E-state index < -0.39 is 5.41 Å². The maximum absolute atomic E-state index is 12.5. The van der Waals surface area contributed by atoms with Crippen LogP contribution in [0, 0.1) is 19.3 Å². The zero-order chi connectivity index (χ0) is 23.7. The minimum absolute atomic E-state index is 0.00231. The maximum atomic E-state index is 12.5. The van der Waals surface area contributed by atoms with Gasteiger partial charge in [-0.05, 0) is 43.5 Å². The molecule has 1 heterocycles. The lowest BCUT2D eigenvalue weighted by Gasteiger charge is -2.17. The number of anilines is 1. The number of carbonyl (C=O) groups is 3. The molecule has 2 rings (SSSR count). The smallest absolute Gasteiger partial charge is 0.305 e. The Morgan fingerprint density at radius 3 is 2.25 bits per heavy atom. The Balaban J connectivity index is 2.00. The lowest BCUT2D eigenvalue weighted by atomic mass is 9.87. The Morgan fingerprint density at radius 2 is 1.62 bits per heavy atom. The summed E-state index contributed by atoms with van der Waals surface area (Å²) in [5.41, 5.74) is 5.45. The standard InChI is InChI=1S/C25H32N4O3/c1-18-9-10-20(15-19(18)2)26-23(31)12-11-21(16-22(30)25(3,4)5)27-28-24(32)17-29-13-7-6-8-14-29/h6-10,13-15H,11-12,16-17H2,1-5H3,(H-,26,28,31,32)/p+1. The Labute approximate surface area is 189 Å². The summed E-state index contributed by atoms with van der Waals surface area (Å²) in [4.78, 5) is 37.2. The fourth-order valence-corrected chi connectivity index (χ4v) is 2.82. The molecule has 0 bridgehead atoms. The molecule has 0 fully saturated rings. The van der Waals surface area contributed by atoms with Gasteiger partial charge in [-0.25, -0.2) is 5.43 Å². The first-order valence-electron chi connectivity index (χ1n) is 10.7. The van der Waals surface area contributed by atoms with Gasteiger partial charge in [0.2, 0.25) is 12.5 Å². The molecule has 0 atom stereocenters. The quantitative estimate of drug-likeness (QED) is 0.357. The number of nitrogens with one attached hydrogen (secondary N) is 2. The van der Waals surface area contributed by atoms with Gasteiger partial charge >= 0.3 is 5.91 Å². The average molecular weight is 438 g/mol. The average Bonchev–Trinajstić information content (AvgIpc) is 2.72. The number of carbonyl (C=O) groups excluding carboxylic acids is 3. The van der Waals surface area contributed by atoms with Crippen LogP contribution < -0.4 is 15.3 Å². The minimum atomic E-state index is -0.535. The summed E-state index contributed by atoms with van der Waals surface area (Å²) in [6.07, 6.45) is 4.08. The van der Waals surface area contributed by atoms with Gasteiger partial charge in [0.15, 0.2) is 12.4 Å². The summed E-state index contributed by atoms with van der Waals surface area (Å²) >= 11 is 0. The van der Waals surface area contributed by atoms with Crippen LogP contribution in [0.5, 0.6) is 0 Å². The van der Waals surface area contributed by atoms with Crippen LogP contribution in [0.3, 0.4) is 0 Å². The molecule has 7 nitrogen and oxygen atoms in total. The van der Waals surface area contributed by atoms with E-state index >= 15 is 0 Å². The highest BCUT2D eigenvalue weighted by molar-refractivity contribution is 6.05. The van der Waals surface area contributed by atoms with E-state index in [9.17, 15) is 14.4 Å². The van der Waals surface area contributed by atoms with Crippen molar-refractivity contribution in [2.75, 3.05) is 5.32 Å². The molecule has 0 spiro atoms. The van der Waals surface area contributed by atoms with Crippen molar-refractivity contribution in [3.8, 4) is 0 Å². The first kappa shape index (κ1) is 24.9. The number of aryl methyl sites for hydroxylation is 2. The van der Waals surface area contributed by atoms with Crippen molar-refractivity contribution in [2.45, 2.75) is 60.4 Å². The maximum Gasteiger partial charge on any atom is 0.305 e. The fraction of sp³-hybridized carbons (Fsp3) is 0.400. The molecule has 32 heavy (non-hydrogen) atoms. The van der Waals surface area contributed by atoms with Gasteiger partial charge in [0.25, 0.3) is 0 Å². The molecule has 1 aromatic heterocycles. The van der Waals surface area contributed by atoms with E-state index in [0.717, 1.165) is 16.8 Å². The summed E-state index contributed by atoms with van der Waals surface area (Å²) in [5.74, 6) is -0.477. The predicted octanol–water partition coefficient (Wildman–Crippen LogP) is 3.49. The Kier molecular flexibility index (Phi) is 8.81. The van der Waals surface area contributed by atoms with E-state index in [-0.39, 0.29) is 43.4 Å². The molecule has 0 aliphatic carbocycles. The SMILES string of the molecule is Cc1ccc(NC(=O)CCC(CC(=O)C(C)(C)C)=NNC(=O)C[n+]2ccccc2)cc1C. The van der Waals surface area contributed by atoms with Gasteiger partial charge in [-0.1, -0.05) is 32.9 Å². The first-order valence-corrected chi connectivity index (χ1v) is 10.7. The van der Waals surface area contributed by atoms with Crippen LogP contribution in [0.2, 0.25) is 0 Å². The van der Waals surface area contributed by atoms with Crippen molar-refractivity contribution >= 4 is 29.0 Å². The Bertz CT molecular complexity index is 992. The lowest BCUT2D eigenvalue weighted by molar-refractivity contribution is -0.684. The highest BCUT2D eigenvalue weighted by Crippen LogP contribution is 2.18. The number of amides is 2. The molecule has 7 heteroatoms. The molecule has 0 radical (unpaired) electrons. The molecule has 2 N–H and O–H groups in total. The van der Waals surface area contributed by atoms with Gasteiger partial charge in [0.05, 0.1) is 0 Å².